The maximum atomic E-state index is 12.6. The molecule has 0 aliphatic carbocycles. The van der Waals surface area contributed by atoms with E-state index in [-0.39, 0.29) is 12.0 Å². The van der Waals surface area contributed by atoms with Gasteiger partial charge in [-0.15, -0.1) is 0 Å². The summed E-state index contributed by atoms with van der Waals surface area (Å²) in [6.07, 6.45) is 2.65. The molecule has 2 aromatic rings. The molecule has 0 bridgehead atoms. The third-order valence-corrected chi connectivity index (χ3v) is 5.27. The molecule has 2 unspecified atom stereocenters. The van der Waals surface area contributed by atoms with Crippen molar-refractivity contribution in [2.75, 3.05) is 18.5 Å². The molecule has 5 nitrogen and oxygen atoms in total. The van der Waals surface area contributed by atoms with Crippen molar-refractivity contribution in [1.29, 1.82) is 0 Å². The molecule has 0 saturated carbocycles. The molecule has 1 saturated heterocycles. The lowest BCUT2D eigenvalue weighted by molar-refractivity contribution is -0.122. The molecule has 1 fully saturated rings. The Morgan fingerprint density at radius 3 is 2.86 bits per heavy atom. The van der Waals surface area contributed by atoms with Gasteiger partial charge in [0, 0.05) is 11.6 Å². The van der Waals surface area contributed by atoms with Crippen molar-refractivity contribution in [3.63, 3.8) is 0 Å². The van der Waals surface area contributed by atoms with Gasteiger partial charge in [0.15, 0.2) is 6.10 Å². The minimum atomic E-state index is -0.702. The normalized spacial score (nSPS) is 17.6. The van der Waals surface area contributed by atoms with Crippen molar-refractivity contribution in [3.8, 4) is 11.5 Å². The van der Waals surface area contributed by atoms with Crippen LogP contribution in [-0.4, -0.2) is 31.3 Å². The molecule has 1 aliphatic heterocycles. The summed E-state index contributed by atoms with van der Waals surface area (Å²) in [7, 11) is 0. The van der Waals surface area contributed by atoms with Gasteiger partial charge in [-0.1, -0.05) is 23.7 Å². The number of carbonyl (C=O) groups excluding carboxylic acids is 1. The van der Waals surface area contributed by atoms with Gasteiger partial charge in [-0.25, -0.2) is 0 Å². The van der Waals surface area contributed by atoms with E-state index in [1.54, 1.807) is 31.2 Å². The Balaban J connectivity index is 1.59. The summed E-state index contributed by atoms with van der Waals surface area (Å²) < 4.78 is 18.0. The molecule has 1 N–H and O–H groups in total. The summed E-state index contributed by atoms with van der Waals surface area (Å²) >= 11 is 9.33. The maximum Gasteiger partial charge on any atom is 0.265 e. The number of amides is 1. The minimum Gasteiger partial charge on any atom is -0.489 e. The summed E-state index contributed by atoms with van der Waals surface area (Å²) in [6.45, 7) is 2.94. The van der Waals surface area contributed by atoms with Gasteiger partial charge in [0.2, 0.25) is 0 Å². The van der Waals surface area contributed by atoms with Gasteiger partial charge in [-0.05, 0) is 72.4 Å². The van der Waals surface area contributed by atoms with Crippen molar-refractivity contribution < 1.29 is 19.0 Å². The molecular formula is C21H23BrClNO4. The number of halogens is 2. The van der Waals surface area contributed by atoms with E-state index in [0.717, 1.165) is 25.9 Å². The predicted molar refractivity (Wildman–Crippen MR) is 113 cm³/mol. The van der Waals surface area contributed by atoms with E-state index in [4.69, 9.17) is 25.8 Å². The zero-order valence-electron chi connectivity index (χ0n) is 15.6. The van der Waals surface area contributed by atoms with Crippen LogP contribution in [0.1, 0.15) is 26.2 Å². The van der Waals surface area contributed by atoms with Crippen LogP contribution in [0, 0.1) is 0 Å². The highest BCUT2D eigenvalue weighted by atomic mass is 79.9. The number of hydrogen-bond acceptors (Lipinski definition) is 4. The molecule has 1 heterocycles. The molecule has 3 rings (SSSR count). The Bertz CT molecular complexity index is 811. The van der Waals surface area contributed by atoms with Crippen molar-refractivity contribution in [1.82, 2.24) is 0 Å². The zero-order valence-corrected chi connectivity index (χ0v) is 18.0. The minimum absolute atomic E-state index is 0.0991. The highest BCUT2D eigenvalue weighted by Crippen LogP contribution is 2.29. The molecule has 1 aliphatic rings. The van der Waals surface area contributed by atoms with Crippen molar-refractivity contribution in [3.05, 3.63) is 52.0 Å². The first kappa shape index (κ1) is 21.0. The lowest BCUT2D eigenvalue weighted by Gasteiger charge is -2.23. The topological polar surface area (TPSA) is 56.8 Å². The summed E-state index contributed by atoms with van der Waals surface area (Å²) in [6, 6.07) is 12.5. The lowest BCUT2D eigenvalue weighted by Crippen LogP contribution is -2.30. The van der Waals surface area contributed by atoms with Crippen LogP contribution in [0.15, 0.2) is 46.9 Å². The molecule has 1 amide bonds. The molecule has 7 heteroatoms. The molecule has 0 spiro atoms. The first-order chi connectivity index (χ1) is 13.5. The van der Waals surface area contributed by atoms with Crippen molar-refractivity contribution >= 4 is 39.1 Å². The first-order valence-electron chi connectivity index (χ1n) is 9.29. The Morgan fingerprint density at radius 2 is 2.11 bits per heavy atom. The fourth-order valence-electron chi connectivity index (χ4n) is 2.87. The summed E-state index contributed by atoms with van der Waals surface area (Å²) in [5.74, 6) is 0.891. The summed E-state index contributed by atoms with van der Waals surface area (Å²) in [5, 5.41) is 3.47. The second kappa shape index (κ2) is 10.1. The Labute approximate surface area is 178 Å². The number of ether oxygens (including phenoxy) is 3. The fraction of sp³-hybridized carbons (Fsp3) is 0.381. The van der Waals surface area contributed by atoms with E-state index < -0.39 is 6.10 Å². The van der Waals surface area contributed by atoms with Crippen LogP contribution in [0.3, 0.4) is 0 Å². The monoisotopic (exact) mass is 467 g/mol. The van der Waals surface area contributed by atoms with Gasteiger partial charge < -0.3 is 19.5 Å². The zero-order chi connectivity index (χ0) is 19.9. The van der Waals surface area contributed by atoms with Gasteiger partial charge in [-0.3, -0.25) is 4.79 Å². The van der Waals surface area contributed by atoms with Crippen LogP contribution in [0.25, 0.3) is 0 Å². The number of para-hydroxylation sites is 2. The Kier molecular flexibility index (Phi) is 7.59. The maximum absolute atomic E-state index is 12.6. The van der Waals surface area contributed by atoms with Gasteiger partial charge in [0.05, 0.1) is 16.3 Å². The van der Waals surface area contributed by atoms with E-state index >= 15 is 0 Å². The molecule has 28 heavy (non-hydrogen) atoms. The highest BCUT2D eigenvalue weighted by Gasteiger charge is 2.19. The number of hydrogen-bond donors (Lipinski definition) is 1. The quantitative estimate of drug-likeness (QED) is 0.586. The third-order valence-electron chi connectivity index (χ3n) is 4.41. The van der Waals surface area contributed by atoms with E-state index in [1.165, 1.54) is 0 Å². The first-order valence-corrected chi connectivity index (χ1v) is 10.5. The second-order valence-corrected chi connectivity index (χ2v) is 7.91. The van der Waals surface area contributed by atoms with Gasteiger partial charge in [-0.2, -0.15) is 0 Å². The highest BCUT2D eigenvalue weighted by molar-refractivity contribution is 9.10. The molecule has 2 aromatic carbocycles. The van der Waals surface area contributed by atoms with Gasteiger partial charge in [0.25, 0.3) is 5.91 Å². The van der Waals surface area contributed by atoms with Gasteiger partial charge >= 0.3 is 0 Å². The molecule has 0 aromatic heterocycles. The number of benzene rings is 2. The van der Waals surface area contributed by atoms with E-state index in [9.17, 15) is 4.79 Å². The third kappa shape index (κ3) is 5.87. The number of carbonyl (C=O) groups is 1. The second-order valence-electron chi connectivity index (χ2n) is 6.62. The molecular weight excluding hydrogens is 446 g/mol. The van der Waals surface area contributed by atoms with E-state index in [1.807, 2.05) is 18.2 Å². The van der Waals surface area contributed by atoms with Crippen molar-refractivity contribution in [2.24, 2.45) is 0 Å². The Hall–Kier alpha value is -1.76. The molecule has 150 valence electrons. The average Bonchev–Trinajstić information content (AvgIpc) is 2.70. The SMILES string of the molecule is CC(Oc1ccc(Cl)cc1Br)C(=O)Nc1ccccc1OCC1CCCCO1. The number of rotatable bonds is 7. The summed E-state index contributed by atoms with van der Waals surface area (Å²) in [4.78, 5) is 12.6. The number of anilines is 1. The molecule has 2 atom stereocenters. The van der Waals surface area contributed by atoms with E-state index in [2.05, 4.69) is 21.2 Å². The van der Waals surface area contributed by atoms with Crippen molar-refractivity contribution in [2.45, 2.75) is 38.4 Å². The average molecular weight is 469 g/mol. The predicted octanol–water partition coefficient (Wildman–Crippen LogP) is 5.46. The largest absolute Gasteiger partial charge is 0.489 e. The van der Waals surface area contributed by atoms with Crippen LogP contribution in [0.4, 0.5) is 5.69 Å². The van der Waals surface area contributed by atoms with Gasteiger partial charge in [0.1, 0.15) is 18.1 Å². The standard InChI is InChI=1S/C21H23BrClNO4/c1-14(28-19-10-9-15(23)12-17(19)22)21(25)24-18-7-2-3-8-20(18)27-13-16-6-4-5-11-26-16/h2-3,7-10,12,14,16H,4-6,11,13H2,1H3,(H,24,25). The lowest BCUT2D eigenvalue weighted by atomic mass is 10.1. The molecule has 0 radical (unpaired) electrons. The smallest absolute Gasteiger partial charge is 0.265 e. The number of nitrogens with one attached hydrogen (secondary N) is 1. The summed E-state index contributed by atoms with van der Waals surface area (Å²) in [5.41, 5.74) is 0.605. The van der Waals surface area contributed by atoms with E-state index in [0.29, 0.717) is 33.3 Å². The van der Waals surface area contributed by atoms with Crippen LogP contribution in [-0.2, 0) is 9.53 Å². The fourth-order valence-corrected chi connectivity index (χ4v) is 3.64. The van der Waals surface area contributed by atoms with Crippen LogP contribution in [0.2, 0.25) is 5.02 Å². The van der Waals surface area contributed by atoms with Crippen LogP contribution >= 0.6 is 27.5 Å². The Morgan fingerprint density at radius 1 is 1.29 bits per heavy atom. The van der Waals surface area contributed by atoms with Crippen LogP contribution in [0.5, 0.6) is 11.5 Å². The van der Waals surface area contributed by atoms with Crippen LogP contribution < -0.4 is 14.8 Å².